The predicted molar refractivity (Wildman–Crippen MR) is 135 cm³/mol. The quantitative estimate of drug-likeness (QED) is 0.356. The Balaban J connectivity index is 1.04. The van der Waals surface area contributed by atoms with Crippen molar-refractivity contribution < 1.29 is 14.6 Å². The van der Waals surface area contributed by atoms with E-state index in [0.29, 0.717) is 23.7 Å². The normalized spacial score (nSPS) is 47.9. The molecule has 34 heavy (non-hydrogen) atoms. The second kappa shape index (κ2) is 9.09. The fraction of sp³-hybridized carbons (Fsp3) is 0.839. The fourth-order valence-corrected chi connectivity index (χ4v) is 9.95. The van der Waals surface area contributed by atoms with Gasteiger partial charge in [0.2, 0.25) is 0 Å². The van der Waals surface area contributed by atoms with E-state index in [0.717, 1.165) is 61.2 Å². The Morgan fingerprint density at radius 1 is 1.12 bits per heavy atom. The third kappa shape index (κ3) is 4.02. The van der Waals surface area contributed by atoms with Crippen LogP contribution in [0.25, 0.3) is 0 Å². The Hall–Kier alpha value is -1.09. The van der Waals surface area contributed by atoms with Crippen LogP contribution in [0, 0.1) is 52.8 Å². The first-order chi connectivity index (χ1) is 16.4. The van der Waals surface area contributed by atoms with Crippen molar-refractivity contribution in [3.8, 4) is 0 Å². The summed E-state index contributed by atoms with van der Waals surface area (Å²) >= 11 is 0. The molecule has 2 bridgehead atoms. The van der Waals surface area contributed by atoms with Gasteiger partial charge in [0.05, 0.1) is 6.10 Å². The number of allylic oxidation sites excluding steroid dienone is 2. The van der Waals surface area contributed by atoms with Crippen LogP contribution in [0.5, 0.6) is 0 Å². The lowest BCUT2D eigenvalue weighted by Gasteiger charge is -2.55. The molecule has 0 aromatic heterocycles. The lowest BCUT2D eigenvalue weighted by Crippen LogP contribution is -2.47. The molecule has 6 rings (SSSR count). The summed E-state index contributed by atoms with van der Waals surface area (Å²) in [6, 6.07) is 0. The molecule has 4 saturated carbocycles. The summed E-state index contributed by atoms with van der Waals surface area (Å²) in [4.78, 5) is 12.7. The van der Waals surface area contributed by atoms with Crippen LogP contribution in [0.3, 0.4) is 0 Å². The van der Waals surface area contributed by atoms with Crippen molar-refractivity contribution in [2.24, 2.45) is 52.8 Å². The molecule has 11 atom stereocenters. The van der Waals surface area contributed by atoms with Gasteiger partial charge in [-0.2, -0.15) is 0 Å². The topological polar surface area (TPSA) is 46.5 Å². The van der Waals surface area contributed by atoms with Gasteiger partial charge in [0, 0.05) is 12.3 Å². The van der Waals surface area contributed by atoms with Gasteiger partial charge in [-0.15, -0.1) is 0 Å². The number of rotatable bonds is 5. The van der Waals surface area contributed by atoms with Crippen LogP contribution < -0.4 is 0 Å². The van der Waals surface area contributed by atoms with Gasteiger partial charge in [0.25, 0.3) is 0 Å². The summed E-state index contributed by atoms with van der Waals surface area (Å²) in [6.07, 6.45) is 22.1. The summed E-state index contributed by atoms with van der Waals surface area (Å²) in [5, 5.41) is 10.2. The monoisotopic (exact) mass is 466 g/mol. The molecular weight excluding hydrogens is 420 g/mol. The molecule has 3 heteroatoms. The summed E-state index contributed by atoms with van der Waals surface area (Å²) < 4.78 is 5.97. The highest BCUT2D eigenvalue weighted by atomic mass is 16.5. The number of aliphatic hydroxyl groups excluding tert-OH is 1. The van der Waals surface area contributed by atoms with Crippen molar-refractivity contribution in [2.75, 3.05) is 0 Å². The Kier molecular flexibility index (Phi) is 6.23. The second-order valence-corrected chi connectivity index (χ2v) is 13.4. The molecule has 3 nitrogen and oxygen atoms in total. The molecule has 6 aliphatic rings. The lowest BCUT2D eigenvalue weighted by molar-refractivity contribution is -0.150. The highest BCUT2D eigenvalue weighted by Gasteiger charge is 2.54. The van der Waals surface area contributed by atoms with Crippen molar-refractivity contribution >= 4 is 5.97 Å². The lowest BCUT2D eigenvalue weighted by atomic mass is 9.50. The largest absolute Gasteiger partial charge is 0.462 e. The molecule has 0 aromatic carbocycles. The Bertz CT molecular complexity index is 844. The first kappa shape index (κ1) is 23.3. The molecule has 188 valence electrons. The zero-order valence-corrected chi connectivity index (χ0v) is 21.5. The van der Waals surface area contributed by atoms with E-state index in [1.54, 1.807) is 5.57 Å². The minimum atomic E-state index is -0.111. The van der Waals surface area contributed by atoms with Crippen LogP contribution in [-0.4, -0.2) is 23.3 Å². The predicted octanol–water partition coefficient (Wildman–Crippen LogP) is 6.85. The van der Waals surface area contributed by atoms with E-state index in [1.165, 1.54) is 51.4 Å². The van der Waals surface area contributed by atoms with Crippen molar-refractivity contribution in [3.63, 3.8) is 0 Å². The maximum absolute atomic E-state index is 12.7. The molecular formula is C31H46O3. The third-order valence-electron chi connectivity index (χ3n) is 11.8. The molecule has 1 N–H and O–H groups in total. The number of hydrogen-bond donors (Lipinski definition) is 1. The molecule has 6 aliphatic carbocycles. The average molecular weight is 467 g/mol. The smallest absolute Gasteiger partial charge is 0.306 e. The van der Waals surface area contributed by atoms with E-state index in [9.17, 15) is 9.90 Å². The van der Waals surface area contributed by atoms with Crippen molar-refractivity contribution in [3.05, 3.63) is 23.8 Å². The van der Waals surface area contributed by atoms with Crippen molar-refractivity contribution in [1.29, 1.82) is 0 Å². The molecule has 0 heterocycles. The van der Waals surface area contributed by atoms with Crippen molar-refractivity contribution in [1.82, 2.24) is 0 Å². The van der Waals surface area contributed by atoms with Gasteiger partial charge in [0.1, 0.15) is 6.10 Å². The first-order valence-corrected chi connectivity index (χ1v) is 14.7. The van der Waals surface area contributed by atoms with Gasteiger partial charge in [-0.25, -0.2) is 0 Å². The third-order valence-corrected chi connectivity index (χ3v) is 11.8. The maximum atomic E-state index is 12.7. The highest BCUT2D eigenvalue weighted by Crippen LogP contribution is 2.63. The Morgan fingerprint density at radius 3 is 2.82 bits per heavy atom. The van der Waals surface area contributed by atoms with Gasteiger partial charge in [-0.1, -0.05) is 37.6 Å². The molecule has 4 fully saturated rings. The number of hydrogen-bond acceptors (Lipinski definition) is 3. The number of ether oxygens (including phenoxy) is 1. The van der Waals surface area contributed by atoms with Gasteiger partial charge in [-0.05, 0) is 124 Å². The molecule has 0 amide bonds. The van der Waals surface area contributed by atoms with Crippen LogP contribution in [-0.2, 0) is 9.53 Å². The van der Waals surface area contributed by atoms with E-state index in [4.69, 9.17) is 4.74 Å². The molecule has 0 aromatic rings. The Morgan fingerprint density at radius 2 is 1.97 bits per heavy atom. The van der Waals surface area contributed by atoms with E-state index >= 15 is 0 Å². The van der Waals surface area contributed by atoms with E-state index in [2.05, 4.69) is 32.1 Å². The summed E-state index contributed by atoms with van der Waals surface area (Å²) in [7, 11) is 0. The highest BCUT2D eigenvalue weighted by molar-refractivity contribution is 5.69. The minimum absolute atomic E-state index is 0.0495. The number of carbonyl (C=O) groups is 1. The van der Waals surface area contributed by atoms with Gasteiger partial charge < -0.3 is 9.84 Å². The standard InChI is InChI=1S/C31H46O3/c1-19(6-13-30(33)34-29-17-20-4-3-5-21(29)16-20)24-9-10-26-25(24)11-12-28-27(26)8-7-22-18-23(32)14-15-31(22,28)2/h3,5,7,19-21,23-29,32H,4,6,8-18H2,1-2H3/t19?,20?,21?,23-,24+,25?,26?,27?,28?,29?,31-/m0/s1. The molecule has 0 aliphatic heterocycles. The summed E-state index contributed by atoms with van der Waals surface area (Å²) in [5.41, 5.74) is 1.92. The summed E-state index contributed by atoms with van der Waals surface area (Å²) in [5.74, 6) is 6.09. The average Bonchev–Trinajstić information content (AvgIpc) is 3.38. The number of carbonyl (C=O) groups excluding carboxylic acids is 1. The van der Waals surface area contributed by atoms with Crippen LogP contribution in [0.15, 0.2) is 23.8 Å². The minimum Gasteiger partial charge on any atom is -0.462 e. The fourth-order valence-electron chi connectivity index (χ4n) is 9.95. The first-order valence-electron chi connectivity index (χ1n) is 14.7. The Labute approximate surface area is 206 Å². The number of fused-ring (bicyclic) bond motifs is 7. The number of aliphatic hydroxyl groups is 1. The molecule has 8 unspecified atom stereocenters. The van der Waals surface area contributed by atoms with Crippen LogP contribution in [0.4, 0.5) is 0 Å². The van der Waals surface area contributed by atoms with Crippen molar-refractivity contribution in [2.45, 2.75) is 110 Å². The van der Waals surface area contributed by atoms with E-state index < -0.39 is 0 Å². The zero-order valence-electron chi connectivity index (χ0n) is 21.5. The SMILES string of the molecule is CC(CCC(=O)OC1CC2CC=CC1C2)[C@H]1CCC2C3CC=C4C[C@@H](O)CC[C@]4(C)C3CCC21. The molecule has 0 radical (unpaired) electrons. The summed E-state index contributed by atoms with van der Waals surface area (Å²) in [6.45, 7) is 4.94. The maximum Gasteiger partial charge on any atom is 0.306 e. The van der Waals surface area contributed by atoms with Gasteiger partial charge >= 0.3 is 5.97 Å². The molecule has 0 saturated heterocycles. The number of esters is 1. The van der Waals surface area contributed by atoms with Crippen LogP contribution >= 0.6 is 0 Å². The van der Waals surface area contributed by atoms with E-state index in [1.807, 2.05) is 0 Å². The van der Waals surface area contributed by atoms with Gasteiger partial charge in [-0.3, -0.25) is 4.79 Å². The van der Waals surface area contributed by atoms with Crippen LogP contribution in [0.1, 0.15) is 97.3 Å². The molecule has 0 spiro atoms. The van der Waals surface area contributed by atoms with E-state index in [-0.39, 0.29) is 18.2 Å². The van der Waals surface area contributed by atoms with Gasteiger partial charge in [0.15, 0.2) is 0 Å². The second-order valence-electron chi connectivity index (χ2n) is 13.4. The zero-order chi connectivity index (χ0) is 23.4. The van der Waals surface area contributed by atoms with Crippen LogP contribution in [0.2, 0.25) is 0 Å².